The molecule has 19 heavy (non-hydrogen) atoms. The predicted molar refractivity (Wildman–Crippen MR) is 79.3 cm³/mol. The number of rotatable bonds is 5. The molecule has 2 aliphatic rings. The van der Waals surface area contributed by atoms with Crippen LogP contribution in [0.2, 0.25) is 0 Å². The quantitative estimate of drug-likeness (QED) is 0.817. The van der Waals surface area contributed by atoms with Gasteiger partial charge < -0.3 is 10.5 Å². The molecule has 2 aliphatic heterocycles. The average molecular weight is 269 g/mol. The highest BCUT2D eigenvalue weighted by Gasteiger charge is 2.34. The van der Waals surface area contributed by atoms with Crippen LogP contribution in [0.1, 0.15) is 40.0 Å². The molecule has 2 saturated heterocycles. The fourth-order valence-electron chi connectivity index (χ4n) is 3.42. The zero-order chi connectivity index (χ0) is 13.8. The van der Waals surface area contributed by atoms with Crippen LogP contribution in [-0.4, -0.2) is 66.8 Å². The van der Waals surface area contributed by atoms with Gasteiger partial charge in [-0.1, -0.05) is 6.92 Å². The van der Waals surface area contributed by atoms with Crippen molar-refractivity contribution in [1.82, 2.24) is 9.80 Å². The van der Waals surface area contributed by atoms with E-state index in [4.69, 9.17) is 10.5 Å². The van der Waals surface area contributed by atoms with E-state index in [1.807, 2.05) is 0 Å². The summed E-state index contributed by atoms with van der Waals surface area (Å²) in [4.78, 5) is 5.16. The van der Waals surface area contributed by atoms with E-state index in [2.05, 4.69) is 30.6 Å². The van der Waals surface area contributed by atoms with E-state index >= 15 is 0 Å². The third-order valence-electron chi connectivity index (χ3n) is 4.97. The van der Waals surface area contributed by atoms with E-state index in [1.165, 1.54) is 32.4 Å². The van der Waals surface area contributed by atoms with Gasteiger partial charge >= 0.3 is 0 Å². The molecule has 0 saturated carbocycles. The molecule has 0 spiro atoms. The highest BCUT2D eigenvalue weighted by atomic mass is 16.5. The summed E-state index contributed by atoms with van der Waals surface area (Å²) in [6.07, 6.45) is 4.38. The van der Waals surface area contributed by atoms with Crippen molar-refractivity contribution in [3.8, 4) is 0 Å². The summed E-state index contributed by atoms with van der Waals surface area (Å²) in [5.41, 5.74) is 6.01. The third-order valence-corrected chi connectivity index (χ3v) is 4.97. The molecule has 0 aromatic carbocycles. The second-order valence-corrected chi connectivity index (χ2v) is 6.19. The summed E-state index contributed by atoms with van der Waals surface area (Å²) in [7, 11) is 0. The minimum Gasteiger partial charge on any atom is -0.374 e. The lowest BCUT2D eigenvalue weighted by molar-refractivity contribution is -0.0219. The van der Waals surface area contributed by atoms with Gasteiger partial charge in [0.05, 0.1) is 12.2 Å². The Morgan fingerprint density at radius 1 is 1.16 bits per heavy atom. The van der Waals surface area contributed by atoms with Gasteiger partial charge in [0.2, 0.25) is 0 Å². The number of hydrogen-bond donors (Lipinski definition) is 1. The second-order valence-electron chi connectivity index (χ2n) is 6.19. The Morgan fingerprint density at radius 2 is 1.79 bits per heavy atom. The van der Waals surface area contributed by atoms with Crippen LogP contribution < -0.4 is 5.73 Å². The molecular formula is C15H31N3O. The van der Waals surface area contributed by atoms with Crippen molar-refractivity contribution in [2.45, 2.75) is 64.3 Å². The first-order chi connectivity index (χ1) is 9.15. The minimum absolute atomic E-state index is 0.357. The molecule has 0 radical (unpaired) electrons. The summed E-state index contributed by atoms with van der Waals surface area (Å²) >= 11 is 0. The first-order valence-electron chi connectivity index (χ1n) is 7.99. The molecular weight excluding hydrogens is 238 g/mol. The van der Waals surface area contributed by atoms with E-state index in [1.54, 1.807) is 0 Å². The Bertz CT molecular complexity index is 266. The van der Waals surface area contributed by atoms with Crippen LogP contribution >= 0.6 is 0 Å². The Kier molecular flexibility index (Phi) is 5.63. The predicted octanol–water partition coefficient (Wildman–Crippen LogP) is 1.30. The lowest BCUT2D eigenvalue weighted by Crippen LogP contribution is -2.57. The van der Waals surface area contributed by atoms with E-state index < -0.39 is 0 Å². The number of nitrogens with zero attached hydrogens (tertiary/aromatic N) is 2. The van der Waals surface area contributed by atoms with Crippen LogP contribution in [0.25, 0.3) is 0 Å². The van der Waals surface area contributed by atoms with Crippen molar-refractivity contribution in [1.29, 1.82) is 0 Å². The van der Waals surface area contributed by atoms with Gasteiger partial charge in [-0.25, -0.2) is 0 Å². The Balaban J connectivity index is 1.85. The normalized spacial score (nSPS) is 33.5. The number of ether oxygens (including phenoxy) is 1. The van der Waals surface area contributed by atoms with E-state index in [-0.39, 0.29) is 0 Å². The van der Waals surface area contributed by atoms with Gasteiger partial charge in [0, 0.05) is 44.8 Å². The lowest BCUT2D eigenvalue weighted by Gasteiger charge is -2.42. The zero-order valence-electron chi connectivity index (χ0n) is 12.8. The molecule has 0 aliphatic carbocycles. The first kappa shape index (κ1) is 15.2. The van der Waals surface area contributed by atoms with Crippen molar-refractivity contribution < 1.29 is 4.74 Å². The van der Waals surface area contributed by atoms with Gasteiger partial charge in [-0.05, 0) is 33.1 Å². The van der Waals surface area contributed by atoms with E-state index in [9.17, 15) is 0 Å². The van der Waals surface area contributed by atoms with Crippen LogP contribution in [0, 0.1) is 0 Å². The van der Waals surface area contributed by atoms with E-state index in [0.717, 1.165) is 19.6 Å². The standard InChI is InChI=1S/C15H31N3O/c1-4-12(2)17-7-9-18(10-8-17)14(11-16)15-6-5-13(3)19-15/h12-15H,4-11,16H2,1-3H3. The molecule has 0 bridgehead atoms. The maximum Gasteiger partial charge on any atom is 0.0747 e. The summed E-state index contributed by atoms with van der Waals surface area (Å²) in [6.45, 7) is 12.1. The molecule has 2 fully saturated rings. The Morgan fingerprint density at radius 3 is 2.26 bits per heavy atom. The summed E-state index contributed by atoms with van der Waals surface area (Å²) in [6, 6.07) is 1.13. The largest absolute Gasteiger partial charge is 0.374 e. The molecule has 2 heterocycles. The molecule has 0 amide bonds. The van der Waals surface area contributed by atoms with Gasteiger partial charge in [0.1, 0.15) is 0 Å². The van der Waals surface area contributed by atoms with Gasteiger partial charge in [0.25, 0.3) is 0 Å². The molecule has 4 atom stereocenters. The maximum atomic E-state index is 6.03. The topological polar surface area (TPSA) is 41.7 Å². The molecule has 4 heteroatoms. The van der Waals surface area contributed by atoms with Gasteiger partial charge in [-0.15, -0.1) is 0 Å². The van der Waals surface area contributed by atoms with Crippen LogP contribution in [-0.2, 0) is 4.74 Å². The number of piperazine rings is 1. The molecule has 2 N–H and O–H groups in total. The number of nitrogens with two attached hydrogens (primary N) is 1. The fraction of sp³-hybridized carbons (Fsp3) is 1.00. The van der Waals surface area contributed by atoms with Crippen molar-refractivity contribution in [2.75, 3.05) is 32.7 Å². The minimum atomic E-state index is 0.357. The molecule has 0 aromatic heterocycles. The van der Waals surface area contributed by atoms with Gasteiger partial charge in [-0.3, -0.25) is 9.80 Å². The van der Waals surface area contributed by atoms with Crippen LogP contribution in [0.5, 0.6) is 0 Å². The molecule has 2 rings (SSSR count). The second kappa shape index (κ2) is 7.02. The highest BCUT2D eigenvalue weighted by molar-refractivity contribution is 4.88. The van der Waals surface area contributed by atoms with Crippen molar-refractivity contribution in [3.63, 3.8) is 0 Å². The van der Waals surface area contributed by atoms with Crippen LogP contribution in [0.4, 0.5) is 0 Å². The molecule has 4 nitrogen and oxygen atoms in total. The molecule has 112 valence electrons. The molecule has 4 unspecified atom stereocenters. The lowest BCUT2D eigenvalue weighted by atomic mass is 10.0. The number of hydrogen-bond acceptors (Lipinski definition) is 4. The average Bonchev–Trinajstić information content (AvgIpc) is 2.86. The maximum absolute atomic E-state index is 6.03. The van der Waals surface area contributed by atoms with Crippen molar-refractivity contribution in [2.24, 2.45) is 5.73 Å². The monoisotopic (exact) mass is 269 g/mol. The first-order valence-corrected chi connectivity index (χ1v) is 7.99. The molecule has 0 aromatic rings. The highest BCUT2D eigenvalue weighted by Crippen LogP contribution is 2.25. The van der Waals surface area contributed by atoms with Crippen LogP contribution in [0.15, 0.2) is 0 Å². The Labute approximate surface area is 118 Å². The van der Waals surface area contributed by atoms with Gasteiger partial charge in [-0.2, -0.15) is 0 Å². The summed E-state index contributed by atoms with van der Waals surface area (Å²) < 4.78 is 6.03. The van der Waals surface area contributed by atoms with E-state index in [0.29, 0.717) is 24.3 Å². The SMILES string of the molecule is CCC(C)N1CCN(C(CN)C2CCC(C)O2)CC1. The summed E-state index contributed by atoms with van der Waals surface area (Å²) in [5, 5.41) is 0. The third kappa shape index (κ3) is 3.69. The van der Waals surface area contributed by atoms with Gasteiger partial charge in [0.15, 0.2) is 0 Å². The van der Waals surface area contributed by atoms with Crippen molar-refractivity contribution >= 4 is 0 Å². The summed E-state index contributed by atoms with van der Waals surface area (Å²) in [5.74, 6) is 0. The fourth-order valence-corrected chi connectivity index (χ4v) is 3.42. The van der Waals surface area contributed by atoms with Crippen LogP contribution in [0.3, 0.4) is 0 Å². The zero-order valence-corrected chi connectivity index (χ0v) is 12.8. The smallest absolute Gasteiger partial charge is 0.0747 e. The Hall–Kier alpha value is -0.160. The van der Waals surface area contributed by atoms with Crippen molar-refractivity contribution in [3.05, 3.63) is 0 Å².